The fraction of sp³-hybridized carbons (Fsp3) is 0.125. The third-order valence-corrected chi connectivity index (χ3v) is 2.84. The van der Waals surface area contributed by atoms with Gasteiger partial charge in [0.2, 0.25) is 0 Å². The standard InChI is InChI=1S/C16H15FN2O/c1-2-11-19(12-13-7-3-4-8-14(13)17)16(20)15-9-5-6-10-18-15/h2-10H,1,11-12H2. The predicted octanol–water partition coefficient (Wildman–Crippen LogP) is 3.05. The van der Waals surface area contributed by atoms with Crippen LogP contribution in [0, 0.1) is 5.82 Å². The number of hydrogen-bond donors (Lipinski definition) is 0. The summed E-state index contributed by atoms with van der Waals surface area (Å²) in [6.45, 7) is 4.16. The third kappa shape index (κ3) is 3.29. The lowest BCUT2D eigenvalue weighted by molar-refractivity contribution is 0.0755. The number of hydrogen-bond acceptors (Lipinski definition) is 2. The molecule has 0 aliphatic carbocycles. The van der Waals surface area contributed by atoms with E-state index in [0.717, 1.165) is 0 Å². The predicted molar refractivity (Wildman–Crippen MR) is 75.6 cm³/mol. The van der Waals surface area contributed by atoms with Crippen molar-refractivity contribution in [2.75, 3.05) is 6.54 Å². The van der Waals surface area contributed by atoms with Crippen LogP contribution in [0.3, 0.4) is 0 Å². The highest BCUT2D eigenvalue weighted by Crippen LogP contribution is 2.12. The van der Waals surface area contributed by atoms with Crippen molar-refractivity contribution in [3.63, 3.8) is 0 Å². The molecule has 0 saturated carbocycles. The molecule has 0 fully saturated rings. The van der Waals surface area contributed by atoms with Gasteiger partial charge in [-0.3, -0.25) is 9.78 Å². The molecule has 0 bridgehead atoms. The Labute approximate surface area is 117 Å². The Hall–Kier alpha value is -2.49. The van der Waals surface area contributed by atoms with Crippen LogP contribution >= 0.6 is 0 Å². The Morgan fingerprint density at radius 2 is 2.00 bits per heavy atom. The second-order valence-electron chi connectivity index (χ2n) is 4.28. The average Bonchev–Trinajstić information content (AvgIpc) is 2.49. The summed E-state index contributed by atoms with van der Waals surface area (Å²) in [7, 11) is 0. The van der Waals surface area contributed by atoms with Crippen LogP contribution in [0.5, 0.6) is 0 Å². The van der Waals surface area contributed by atoms with Gasteiger partial charge < -0.3 is 4.90 Å². The zero-order valence-electron chi connectivity index (χ0n) is 11.0. The number of carbonyl (C=O) groups excluding carboxylic acids is 1. The van der Waals surface area contributed by atoms with E-state index >= 15 is 0 Å². The van der Waals surface area contributed by atoms with Gasteiger partial charge in [-0.15, -0.1) is 6.58 Å². The summed E-state index contributed by atoms with van der Waals surface area (Å²) in [6, 6.07) is 11.5. The van der Waals surface area contributed by atoms with Crippen molar-refractivity contribution in [1.82, 2.24) is 9.88 Å². The van der Waals surface area contributed by atoms with E-state index in [4.69, 9.17) is 0 Å². The van der Waals surface area contributed by atoms with Crippen LogP contribution in [0.15, 0.2) is 61.3 Å². The minimum Gasteiger partial charge on any atom is -0.329 e. The fourth-order valence-corrected chi connectivity index (χ4v) is 1.86. The molecule has 0 spiro atoms. The van der Waals surface area contributed by atoms with E-state index in [1.165, 1.54) is 11.0 Å². The Balaban J connectivity index is 2.21. The van der Waals surface area contributed by atoms with Gasteiger partial charge in [-0.25, -0.2) is 4.39 Å². The molecule has 0 saturated heterocycles. The summed E-state index contributed by atoms with van der Waals surface area (Å²) in [4.78, 5) is 17.9. The van der Waals surface area contributed by atoms with Crippen LogP contribution < -0.4 is 0 Å². The molecule has 0 aliphatic rings. The number of nitrogens with zero attached hydrogens (tertiary/aromatic N) is 2. The molecule has 2 rings (SSSR count). The number of rotatable bonds is 5. The molecule has 1 amide bonds. The minimum atomic E-state index is -0.324. The lowest BCUT2D eigenvalue weighted by Crippen LogP contribution is -2.31. The highest BCUT2D eigenvalue weighted by atomic mass is 19.1. The van der Waals surface area contributed by atoms with E-state index in [9.17, 15) is 9.18 Å². The summed E-state index contributed by atoms with van der Waals surface area (Å²) in [5.41, 5.74) is 0.810. The Kier molecular flexibility index (Phi) is 4.60. The summed E-state index contributed by atoms with van der Waals surface area (Å²) < 4.78 is 13.7. The van der Waals surface area contributed by atoms with Crippen molar-refractivity contribution in [2.24, 2.45) is 0 Å². The number of pyridine rings is 1. The van der Waals surface area contributed by atoms with Crippen molar-refractivity contribution >= 4 is 5.91 Å². The first-order valence-corrected chi connectivity index (χ1v) is 6.27. The molecule has 0 unspecified atom stereocenters. The van der Waals surface area contributed by atoms with E-state index < -0.39 is 0 Å². The van der Waals surface area contributed by atoms with Crippen molar-refractivity contribution in [1.29, 1.82) is 0 Å². The third-order valence-electron chi connectivity index (χ3n) is 2.84. The normalized spacial score (nSPS) is 10.1. The second kappa shape index (κ2) is 6.61. The van der Waals surface area contributed by atoms with E-state index in [2.05, 4.69) is 11.6 Å². The molecule has 4 heteroatoms. The summed E-state index contributed by atoms with van der Waals surface area (Å²) in [5.74, 6) is -0.566. The Morgan fingerprint density at radius 3 is 2.65 bits per heavy atom. The molecule has 0 N–H and O–H groups in total. The van der Waals surface area contributed by atoms with Crippen molar-refractivity contribution in [3.8, 4) is 0 Å². The van der Waals surface area contributed by atoms with Gasteiger partial charge in [0.15, 0.2) is 0 Å². The molecule has 2 aromatic rings. The van der Waals surface area contributed by atoms with E-state index in [1.54, 1.807) is 48.7 Å². The molecule has 0 aliphatic heterocycles. The van der Waals surface area contributed by atoms with E-state index in [0.29, 0.717) is 17.8 Å². The van der Waals surface area contributed by atoms with Gasteiger partial charge in [-0.2, -0.15) is 0 Å². The molecule has 0 atom stereocenters. The highest BCUT2D eigenvalue weighted by Gasteiger charge is 2.17. The van der Waals surface area contributed by atoms with Gasteiger partial charge in [0.05, 0.1) is 0 Å². The maximum absolute atomic E-state index is 13.7. The Bertz CT molecular complexity index is 598. The first-order chi connectivity index (χ1) is 9.72. The van der Waals surface area contributed by atoms with Gasteiger partial charge in [0.1, 0.15) is 11.5 Å². The minimum absolute atomic E-state index is 0.189. The molecule has 1 aromatic carbocycles. The highest BCUT2D eigenvalue weighted by molar-refractivity contribution is 5.92. The molecule has 1 heterocycles. The first-order valence-electron chi connectivity index (χ1n) is 6.27. The lowest BCUT2D eigenvalue weighted by atomic mass is 10.2. The van der Waals surface area contributed by atoms with Crippen molar-refractivity contribution in [3.05, 3.63) is 78.4 Å². The average molecular weight is 270 g/mol. The van der Waals surface area contributed by atoms with E-state index in [1.807, 2.05) is 0 Å². The smallest absolute Gasteiger partial charge is 0.273 e. The quantitative estimate of drug-likeness (QED) is 0.782. The zero-order chi connectivity index (χ0) is 14.4. The van der Waals surface area contributed by atoms with Gasteiger partial charge >= 0.3 is 0 Å². The molecular weight excluding hydrogens is 255 g/mol. The maximum Gasteiger partial charge on any atom is 0.273 e. The lowest BCUT2D eigenvalue weighted by Gasteiger charge is -2.21. The monoisotopic (exact) mass is 270 g/mol. The molecular formula is C16H15FN2O. The zero-order valence-corrected chi connectivity index (χ0v) is 11.0. The number of halogens is 1. The summed E-state index contributed by atoms with van der Waals surface area (Å²) >= 11 is 0. The topological polar surface area (TPSA) is 33.2 Å². The SMILES string of the molecule is C=CCN(Cc1ccccc1F)C(=O)c1ccccn1. The molecule has 1 aromatic heterocycles. The molecule has 102 valence electrons. The first kappa shape index (κ1) is 13.9. The van der Waals surface area contributed by atoms with Crippen LogP contribution in [0.4, 0.5) is 4.39 Å². The van der Waals surface area contributed by atoms with Gasteiger partial charge in [0, 0.05) is 24.8 Å². The number of aromatic nitrogens is 1. The largest absolute Gasteiger partial charge is 0.329 e. The summed E-state index contributed by atoms with van der Waals surface area (Å²) in [6.07, 6.45) is 3.17. The summed E-state index contributed by atoms with van der Waals surface area (Å²) in [5, 5.41) is 0. The number of carbonyl (C=O) groups is 1. The van der Waals surface area contributed by atoms with Crippen molar-refractivity contribution in [2.45, 2.75) is 6.54 Å². The molecule has 0 radical (unpaired) electrons. The molecule has 3 nitrogen and oxygen atoms in total. The fourth-order valence-electron chi connectivity index (χ4n) is 1.86. The van der Waals surface area contributed by atoms with Gasteiger partial charge in [-0.1, -0.05) is 30.3 Å². The van der Waals surface area contributed by atoms with Gasteiger partial charge in [-0.05, 0) is 18.2 Å². The van der Waals surface area contributed by atoms with Crippen LogP contribution in [0.1, 0.15) is 16.1 Å². The van der Waals surface area contributed by atoms with Crippen LogP contribution in [-0.2, 0) is 6.54 Å². The van der Waals surface area contributed by atoms with Crippen molar-refractivity contribution < 1.29 is 9.18 Å². The van der Waals surface area contributed by atoms with Crippen LogP contribution in [-0.4, -0.2) is 22.3 Å². The molecule has 20 heavy (non-hydrogen) atoms. The second-order valence-corrected chi connectivity index (χ2v) is 4.28. The Morgan fingerprint density at radius 1 is 1.25 bits per heavy atom. The van der Waals surface area contributed by atoms with Gasteiger partial charge in [0.25, 0.3) is 5.91 Å². The maximum atomic E-state index is 13.7. The number of benzene rings is 1. The van der Waals surface area contributed by atoms with Crippen LogP contribution in [0.25, 0.3) is 0 Å². The van der Waals surface area contributed by atoms with Crippen LogP contribution in [0.2, 0.25) is 0 Å². The van der Waals surface area contributed by atoms with E-state index in [-0.39, 0.29) is 18.3 Å². The number of amides is 1.